The number of aromatic nitrogens is 3. The standard InChI is InChI=1S/C28H34N8O4S/c1-18-32-33-28(41-18)36-14-12-34(13-15-36)23-8-7-20(25(38)29-9-3-11-35-10-2-4-24(35)37)16-21(23)30-26(39)22-17-40-27(31-22)19-5-6-19/h7-8,16-17,19H,2-6,9-15H2,1H3,(H,29,38)(H,30,39). The Balaban J connectivity index is 1.14. The molecule has 0 atom stereocenters. The summed E-state index contributed by atoms with van der Waals surface area (Å²) in [5, 5.41) is 16.2. The Morgan fingerprint density at radius 2 is 1.88 bits per heavy atom. The normalized spacial score (nSPS) is 17.3. The lowest BCUT2D eigenvalue weighted by atomic mass is 10.1. The van der Waals surface area contributed by atoms with Crippen LogP contribution in [-0.2, 0) is 4.79 Å². The van der Waals surface area contributed by atoms with E-state index in [0.29, 0.717) is 49.0 Å². The summed E-state index contributed by atoms with van der Waals surface area (Å²) in [6.07, 6.45) is 5.65. The van der Waals surface area contributed by atoms with Crippen LogP contribution >= 0.6 is 11.3 Å². The highest BCUT2D eigenvalue weighted by Gasteiger charge is 2.30. The van der Waals surface area contributed by atoms with Gasteiger partial charge in [-0.2, -0.15) is 0 Å². The maximum Gasteiger partial charge on any atom is 0.277 e. The van der Waals surface area contributed by atoms with Crippen LogP contribution in [0.2, 0.25) is 0 Å². The topological polar surface area (TPSA) is 137 Å². The van der Waals surface area contributed by atoms with Gasteiger partial charge >= 0.3 is 0 Å². The number of aryl methyl sites for hydroxylation is 1. The number of carbonyl (C=O) groups excluding carboxylic acids is 3. The molecule has 3 aliphatic rings. The lowest BCUT2D eigenvalue weighted by molar-refractivity contribution is -0.127. The maximum atomic E-state index is 13.2. The van der Waals surface area contributed by atoms with Crippen molar-refractivity contribution in [3.05, 3.63) is 46.6 Å². The van der Waals surface area contributed by atoms with Crippen molar-refractivity contribution in [2.24, 2.45) is 0 Å². The number of benzene rings is 1. The third-order valence-corrected chi connectivity index (χ3v) is 8.56. The molecule has 3 fully saturated rings. The molecule has 2 N–H and O–H groups in total. The molecule has 1 saturated carbocycles. The van der Waals surface area contributed by atoms with Crippen LogP contribution in [0, 0.1) is 6.92 Å². The van der Waals surface area contributed by atoms with Gasteiger partial charge in [0.2, 0.25) is 11.0 Å². The Labute approximate surface area is 242 Å². The minimum atomic E-state index is -0.377. The van der Waals surface area contributed by atoms with E-state index in [1.165, 1.54) is 6.26 Å². The molecule has 0 unspecified atom stereocenters. The van der Waals surface area contributed by atoms with Crippen LogP contribution in [0.15, 0.2) is 28.9 Å². The van der Waals surface area contributed by atoms with Gasteiger partial charge in [-0.25, -0.2) is 4.98 Å². The highest BCUT2D eigenvalue weighted by atomic mass is 32.1. The number of likely N-dealkylation sites (tertiary alicyclic amines) is 1. The molecule has 1 aliphatic carbocycles. The first-order chi connectivity index (χ1) is 19.9. The van der Waals surface area contributed by atoms with Crippen LogP contribution in [0.3, 0.4) is 0 Å². The number of hydrogen-bond donors (Lipinski definition) is 2. The minimum absolute atomic E-state index is 0.183. The van der Waals surface area contributed by atoms with E-state index in [0.717, 1.165) is 67.8 Å². The van der Waals surface area contributed by atoms with E-state index >= 15 is 0 Å². The van der Waals surface area contributed by atoms with Crippen LogP contribution in [0.4, 0.5) is 16.5 Å². The first-order valence-corrected chi connectivity index (χ1v) is 15.0. The van der Waals surface area contributed by atoms with Crippen molar-refractivity contribution in [1.82, 2.24) is 25.4 Å². The fourth-order valence-corrected chi connectivity index (χ4v) is 5.96. The molecule has 12 nitrogen and oxygen atoms in total. The van der Waals surface area contributed by atoms with Gasteiger partial charge in [0, 0.05) is 63.7 Å². The zero-order valence-electron chi connectivity index (χ0n) is 23.1. The van der Waals surface area contributed by atoms with Crippen LogP contribution in [0.5, 0.6) is 0 Å². The molecule has 0 bridgehead atoms. The van der Waals surface area contributed by atoms with Crippen LogP contribution in [0.25, 0.3) is 0 Å². The molecule has 3 amide bonds. The Morgan fingerprint density at radius 3 is 2.59 bits per heavy atom. The highest BCUT2D eigenvalue weighted by Crippen LogP contribution is 2.39. The van der Waals surface area contributed by atoms with Crippen molar-refractivity contribution >= 4 is 45.6 Å². The lowest BCUT2D eigenvalue weighted by Gasteiger charge is -2.36. The van der Waals surface area contributed by atoms with Crippen LogP contribution in [0.1, 0.15) is 69.8 Å². The number of anilines is 3. The molecule has 0 radical (unpaired) electrons. The molecule has 0 spiro atoms. The number of amides is 3. The molecule has 2 saturated heterocycles. The van der Waals surface area contributed by atoms with Gasteiger partial charge in [-0.3, -0.25) is 14.4 Å². The summed E-state index contributed by atoms with van der Waals surface area (Å²) in [5.41, 5.74) is 2.05. The molecule has 1 aromatic carbocycles. The molecule has 6 rings (SSSR count). The van der Waals surface area contributed by atoms with Gasteiger partial charge in [0.15, 0.2) is 11.6 Å². The van der Waals surface area contributed by atoms with E-state index < -0.39 is 0 Å². The van der Waals surface area contributed by atoms with E-state index in [-0.39, 0.29) is 23.4 Å². The third kappa shape index (κ3) is 6.34. The molecule has 4 heterocycles. The summed E-state index contributed by atoms with van der Waals surface area (Å²) in [4.78, 5) is 48.7. The van der Waals surface area contributed by atoms with Gasteiger partial charge in [0.05, 0.1) is 11.4 Å². The van der Waals surface area contributed by atoms with E-state index in [1.807, 2.05) is 17.9 Å². The Kier molecular flexibility index (Phi) is 7.86. The summed E-state index contributed by atoms with van der Waals surface area (Å²) in [6.45, 7) is 6.80. The molecule has 13 heteroatoms. The number of piperazine rings is 1. The Hall–Kier alpha value is -4.00. The molecular formula is C28H34N8O4S. The second-order valence-corrected chi connectivity index (χ2v) is 11.9. The van der Waals surface area contributed by atoms with Crippen molar-refractivity contribution in [3.63, 3.8) is 0 Å². The van der Waals surface area contributed by atoms with Gasteiger partial charge in [-0.15, -0.1) is 10.2 Å². The second kappa shape index (κ2) is 11.9. The summed E-state index contributed by atoms with van der Waals surface area (Å²) >= 11 is 1.58. The zero-order valence-corrected chi connectivity index (χ0v) is 23.9. The van der Waals surface area contributed by atoms with Gasteiger partial charge in [0.25, 0.3) is 11.8 Å². The first kappa shape index (κ1) is 27.2. The fourth-order valence-electron chi connectivity index (χ4n) is 5.22. The quantitative estimate of drug-likeness (QED) is 0.348. The SMILES string of the molecule is Cc1nnc(N2CCN(c3ccc(C(=O)NCCCN4CCCC4=O)cc3NC(=O)c3coc(C4CC4)n3)CC2)s1. The van der Waals surface area contributed by atoms with Crippen LogP contribution < -0.4 is 20.4 Å². The number of oxazole rings is 1. The lowest BCUT2D eigenvalue weighted by Crippen LogP contribution is -2.46. The second-order valence-electron chi connectivity index (χ2n) is 10.7. The third-order valence-electron chi connectivity index (χ3n) is 7.66. The molecule has 3 aromatic rings. The average molecular weight is 579 g/mol. The van der Waals surface area contributed by atoms with Gasteiger partial charge in [-0.05, 0) is 50.8 Å². The fraction of sp³-hybridized carbons (Fsp3) is 0.500. The Bertz CT molecular complexity index is 1430. The molecule has 2 aromatic heterocycles. The summed E-state index contributed by atoms with van der Waals surface area (Å²) in [6, 6.07) is 5.39. The van der Waals surface area contributed by atoms with Crippen molar-refractivity contribution in [2.75, 3.05) is 60.9 Å². The average Bonchev–Trinajstić information content (AvgIpc) is 3.33. The predicted molar refractivity (Wildman–Crippen MR) is 155 cm³/mol. The Morgan fingerprint density at radius 1 is 1.07 bits per heavy atom. The first-order valence-electron chi connectivity index (χ1n) is 14.2. The largest absolute Gasteiger partial charge is 0.448 e. The van der Waals surface area contributed by atoms with Gasteiger partial charge < -0.3 is 29.8 Å². The number of rotatable bonds is 10. The van der Waals surface area contributed by atoms with Crippen LogP contribution in [-0.4, -0.2) is 83.6 Å². The zero-order chi connectivity index (χ0) is 28.3. The molecule has 2 aliphatic heterocycles. The van der Waals surface area contributed by atoms with E-state index in [1.54, 1.807) is 23.5 Å². The smallest absolute Gasteiger partial charge is 0.277 e. The van der Waals surface area contributed by atoms with Crippen molar-refractivity contribution in [3.8, 4) is 0 Å². The summed E-state index contributed by atoms with van der Waals surface area (Å²) < 4.78 is 5.52. The molecule has 41 heavy (non-hydrogen) atoms. The highest BCUT2D eigenvalue weighted by molar-refractivity contribution is 7.15. The van der Waals surface area contributed by atoms with Crippen molar-refractivity contribution < 1.29 is 18.8 Å². The number of hydrogen-bond acceptors (Lipinski definition) is 10. The summed E-state index contributed by atoms with van der Waals surface area (Å²) in [7, 11) is 0. The number of carbonyl (C=O) groups is 3. The van der Waals surface area contributed by atoms with E-state index in [9.17, 15) is 14.4 Å². The monoisotopic (exact) mass is 578 g/mol. The maximum absolute atomic E-state index is 13.2. The molecule has 216 valence electrons. The van der Waals surface area contributed by atoms with Crippen molar-refractivity contribution in [2.45, 2.75) is 44.9 Å². The van der Waals surface area contributed by atoms with Gasteiger partial charge in [-0.1, -0.05) is 11.3 Å². The summed E-state index contributed by atoms with van der Waals surface area (Å²) in [5.74, 6) is 0.479. The predicted octanol–water partition coefficient (Wildman–Crippen LogP) is 3.03. The van der Waals surface area contributed by atoms with E-state index in [2.05, 4.69) is 35.6 Å². The minimum Gasteiger partial charge on any atom is -0.448 e. The van der Waals surface area contributed by atoms with E-state index in [4.69, 9.17) is 4.42 Å². The van der Waals surface area contributed by atoms with Gasteiger partial charge in [0.1, 0.15) is 11.3 Å². The number of nitrogens with zero attached hydrogens (tertiary/aromatic N) is 6. The van der Waals surface area contributed by atoms with Crippen molar-refractivity contribution in [1.29, 1.82) is 0 Å². The number of nitrogens with one attached hydrogen (secondary N) is 2. The molecular weight excluding hydrogens is 544 g/mol.